The summed E-state index contributed by atoms with van der Waals surface area (Å²) in [4.78, 5) is 6.14. The van der Waals surface area contributed by atoms with Gasteiger partial charge in [-0.25, -0.2) is 0 Å². The van der Waals surface area contributed by atoms with Crippen molar-refractivity contribution in [3.63, 3.8) is 0 Å². The lowest BCUT2D eigenvalue weighted by molar-refractivity contribution is 0.632. The Morgan fingerprint density at radius 3 is 2.05 bits per heavy atom. The molecule has 0 aliphatic carbocycles. The summed E-state index contributed by atoms with van der Waals surface area (Å²) in [7, 11) is 0. The second-order valence-electron chi connectivity index (χ2n) is 10.9. The van der Waals surface area contributed by atoms with Gasteiger partial charge >= 0.3 is 0 Å². The van der Waals surface area contributed by atoms with Gasteiger partial charge in [0, 0.05) is 32.9 Å². The normalized spacial score (nSPS) is 14.1. The third-order valence-corrected chi connectivity index (χ3v) is 8.24. The van der Waals surface area contributed by atoms with E-state index in [9.17, 15) is 0 Å². The molecule has 0 atom stereocenters. The van der Waals surface area contributed by atoms with E-state index in [0.717, 1.165) is 0 Å². The van der Waals surface area contributed by atoms with Crippen molar-refractivity contribution in [1.29, 1.82) is 0 Å². The molecule has 0 saturated heterocycles. The number of fused-ring (bicyclic) bond motifs is 5. The lowest BCUT2D eigenvalue weighted by atomic mass is 9.72. The number of H-pyrrole nitrogens is 1. The van der Waals surface area contributed by atoms with Gasteiger partial charge in [0.1, 0.15) is 0 Å². The van der Waals surface area contributed by atoms with Gasteiger partial charge in [0.25, 0.3) is 0 Å². The van der Waals surface area contributed by atoms with Gasteiger partial charge in [0.2, 0.25) is 0 Å². The number of benzene rings is 5. The number of aromatic amines is 1. The molecule has 2 heterocycles. The van der Waals surface area contributed by atoms with E-state index < -0.39 is 0 Å². The first-order valence-corrected chi connectivity index (χ1v) is 13.0. The summed E-state index contributed by atoms with van der Waals surface area (Å²) in [5, 5.41) is 2.56. The van der Waals surface area contributed by atoms with Crippen LogP contribution in [0.25, 0.3) is 32.9 Å². The quantitative estimate of drug-likeness (QED) is 0.262. The fraction of sp³-hybridized carbons (Fsp3) is 0.143. The molecule has 37 heavy (non-hydrogen) atoms. The number of hydrogen-bond donors (Lipinski definition) is 1. The fourth-order valence-corrected chi connectivity index (χ4v) is 6.25. The molecule has 1 aromatic heterocycles. The molecule has 0 amide bonds. The minimum Gasteiger partial charge on any atom is -0.354 e. The molecule has 1 aliphatic rings. The number of anilines is 3. The van der Waals surface area contributed by atoms with Crippen molar-refractivity contribution in [2.75, 3.05) is 4.90 Å². The lowest BCUT2D eigenvalue weighted by Crippen LogP contribution is -2.31. The summed E-state index contributed by atoms with van der Waals surface area (Å²) in [5.41, 5.74) is 13.8. The molecular formula is C35H30N2. The molecule has 180 valence electrons. The molecule has 1 aliphatic heterocycles. The molecule has 7 rings (SSSR count). The number of nitrogens with one attached hydrogen (secondary N) is 1. The maximum atomic E-state index is 3.68. The molecule has 2 heteroatoms. The number of para-hydroxylation sites is 2. The van der Waals surface area contributed by atoms with Crippen LogP contribution >= 0.6 is 0 Å². The van der Waals surface area contributed by atoms with Crippen LogP contribution in [0, 0.1) is 13.8 Å². The molecule has 0 fully saturated rings. The first kappa shape index (κ1) is 21.9. The van der Waals surface area contributed by atoms with Gasteiger partial charge in [-0.2, -0.15) is 0 Å². The molecule has 0 saturated carbocycles. The number of aryl methyl sites for hydroxylation is 2. The van der Waals surface area contributed by atoms with Crippen LogP contribution in [0.4, 0.5) is 17.1 Å². The molecule has 0 bridgehead atoms. The zero-order valence-corrected chi connectivity index (χ0v) is 21.8. The standard InChI is InChI=1S/C35H30N2/c1-22-12-8-9-15-25(22)27-20-33-29(18-23(27)2)35(3,4)30-19-28-26-16-10-11-17-31(26)36-32(28)21-34(30)37(33)24-13-6-5-7-14-24/h5-21,36H,1-4H3. The van der Waals surface area contributed by atoms with Crippen molar-refractivity contribution >= 4 is 38.9 Å². The summed E-state index contributed by atoms with van der Waals surface area (Å²) in [5.74, 6) is 0. The lowest BCUT2D eigenvalue weighted by Gasteiger charge is -2.42. The molecule has 1 N–H and O–H groups in total. The zero-order chi connectivity index (χ0) is 25.3. The molecule has 0 spiro atoms. The third-order valence-electron chi connectivity index (χ3n) is 8.24. The Bertz CT molecular complexity index is 1820. The summed E-state index contributed by atoms with van der Waals surface area (Å²) < 4.78 is 0. The maximum absolute atomic E-state index is 3.68. The Balaban J connectivity index is 1.57. The fourth-order valence-electron chi connectivity index (χ4n) is 6.25. The first-order valence-electron chi connectivity index (χ1n) is 13.0. The van der Waals surface area contributed by atoms with Crippen LogP contribution in [-0.2, 0) is 5.41 Å². The molecule has 5 aromatic carbocycles. The number of hydrogen-bond acceptors (Lipinski definition) is 1. The topological polar surface area (TPSA) is 19.0 Å². The zero-order valence-electron chi connectivity index (χ0n) is 21.8. The van der Waals surface area contributed by atoms with Gasteiger partial charge < -0.3 is 9.88 Å². The highest BCUT2D eigenvalue weighted by atomic mass is 15.2. The smallest absolute Gasteiger partial charge is 0.0523 e. The van der Waals surface area contributed by atoms with Gasteiger partial charge in [-0.15, -0.1) is 0 Å². The van der Waals surface area contributed by atoms with E-state index in [4.69, 9.17) is 0 Å². The highest BCUT2D eigenvalue weighted by Crippen LogP contribution is 2.54. The van der Waals surface area contributed by atoms with Crippen LogP contribution in [0.15, 0.2) is 103 Å². The molecule has 0 radical (unpaired) electrons. The second-order valence-corrected chi connectivity index (χ2v) is 10.9. The predicted octanol–water partition coefficient (Wildman–Crippen LogP) is 9.71. The predicted molar refractivity (Wildman–Crippen MR) is 158 cm³/mol. The maximum Gasteiger partial charge on any atom is 0.0523 e. The molecular weight excluding hydrogens is 448 g/mol. The first-order chi connectivity index (χ1) is 17.9. The van der Waals surface area contributed by atoms with Crippen molar-refractivity contribution in [1.82, 2.24) is 4.98 Å². The van der Waals surface area contributed by atoms with E-state index in [1.165, 1.54) is 72.2 Å². The van der Waals surface area contributed by atoms with E-state index in [0.29, 0.717) is 0 Å². The van der Waals surface area contributed by atoms with Crippen LogP contribution in [0.2, 0.25) is 0 Å². The summed E-state index contributed by atoms with van der Waals surface area (Å²) in [6.07, 6.45) is 0. The summed E-state index contributed by atoms with van der Waals surface area (Å²) in [6.45, 7) is 9.21. The minimum absolute atomic E-state index is 0.155. The van der Waals surface area contributed by atoms with Crippen LogP contribution in [0.5, 0.6) is 0 Å². The van der Waals surface area contributed by atoms with Crippen molar-refractivity contribution in [3.8, 4) is 11.1 Å². The van der Waals surface area contributed by atoms with Crippen molar-refractivity contribution in [2.45, 2.75) is 33.1 Å². The Morgan fingerprint density at radius 2 is 1.24 bits per heavy atom. The van der Waals surface area contributed by atoms with Gasteiger partial charge in [-0.1, -0.05) is 80.6 Å². The number of rotatable bonds is 2. The van der Waals surface area contributed by atoms with E-state index in [-0.39, 0.29) is 5.41 Å². The summed E-state index contributed by atoms with van der Waals surface area (Å²) in [6, 6.07) is 37.7. The highest BCUT2D eigenvalue weighted by Gasteiger charge is 2.38. The minimum atomic E-state index is -0.155. The average Bonchev–Trinajstić information content (AvgIpc) is 3.27. The Morgan fingerprint density at radius 1 is 0.568 bits per heavy atom. The third kappa shape index (κ3) is 3.18. The van der Waals surface area contributed by atoms with Gasteiger partial charge in [0.05, 0.1) is 11.4 Å². The van der Waals surface area contributed by atoms with Gasteiger partial charge in [-0.3, -0.25) is 0 Å². The average molecular weight is 479 g/mol. The van der Waals surface area contributed by atoms with Crippen LogP contribution in [0.3, 0.4) is 0 Å². The Hall–Kier alpha value is -4.30. The van der Waals surface area contributed by atoms with E-state index in [2.05, 4.69) is 141 Å². The monoisotopic (exact) mass is 478 g/mol. The molecule has 0 unspecified atom stereocenters. The van der Waals surface area contributed by atoms with Crippen LogP contribution in [0.1, 0.15) is 36.1 Å². The van der Waals surface area contributed by atoms with Gasteiger partial charge in [-0.05, 0) is 83.6 Å². The van der Waals surface area contributed by atoms with E-state index in [1.807, 2.05) is 0 Å². The summed E-state index contributed by atoms with van der Waals surface area (Å²) >= 11 is 0. The van der Waals surface area contributed by atoms with E-state index in [1.54, 1.807) is 0 Å². The van der Waals surface area contributed by atoms with Crippen molar-refractivity contribution in [2.24, 2.45) is 0 Å². The van der Waals surface area contributed by atoms with E-state index >= 15 is 0 Å². The number of nitrogens with zero attached hydrogens (tertiary/aromatic N) is 1. The Labute approximate surface area is 218 Å². The number of aromatic nitrogens is 1. The van der Waals surface area contributed by atoms with Crippen LogP contribution in [-0.4, -0.2) is 4.98 Å². The molecule has 2 nitrogen and oxygen atoms in total. The van der Waals surface area contributed by atoms with Gasteiger partial charge in [0.15, 0.2) is 0 Å². The second kappa shape index (κ2) is 7.85. The molecule has 6 aromatic rings. The van der Waals surface area contributed by atoms with Crippen molar-refractivity contribution in [3.05, 3.63) is 125 Å². The SMILES string of the molecule is Cc1ccccc1-c1cc2c(cc1C)C(C)(C)c1cc3c(cc1N2c1ccccc1)[nH]c1ccccc13. The largest absolute Gasteiger partial charge is 0.354 e. The Kier molecular flexibility index (Phi) is 4.65. The highest BCUT2D eigenvalue weighted by molar-refractivity contribution is 6.09. The van der Waals surface area contributed by atoms with Crippen molar-refractivity contribution < 1.29 is 0 Å². The van der Waals surface area contributed by atoms with Crippen LogP contribution < -0.4 is 4.90 Å².